The lowest BCUT2D eigenvalue weighted by molar-refractivity contribution is 0.126. The lowest BCUT2D eigenvalue weighted by atomic mass is 9.83. The minimum Gasteiger partial charge on any atom is -0.383 e. The minimum atomic E-state index is -2.73. The SMILES string of the molecule is COCC1(C)CC(C2CCS(=O)(=O)CC2)CN1. The van der Waals surface area contributed by atoms with Gasteiger partial charge in [0.2, 0.25) is 0 Å². The molecule has 2 fully saturated rings. The van der Waals surface area contributed by atoms with E-state index in [-0.39, 0.29) is 5.54 Å². The molecule has 0 aromatic heterocycles. The van der Waals surface area contributed by atoms with Crippen LogP contribution in [0.3, 0.4) is 0 Å². The number of methoxy groups -OCH3 is 1. The fourth-order valence-electron chi connectivity index (χ4n) is 3.24. The molecule has 0 bridgehead atoms. The Morgan fingerprint density at radius 1 is 1.29 bits per heavy atom. The van der Waals surface area contributed by atoms with Crippen molar-refractivity contribution in [1.29, 1.82) is 0 Å². The van der Waals surface area contributed by atoms with Gasteiger partial charge in [0, 0.05) is 12.6 Å². The molecule has 2 aliphatic heterocycles. The molecule has 0 spiro atoms. The van der Waals surface area contributed by atoms with Gasteiger partial charge in [0.25, 0.3) is 0 Å². The van der Waals surface area contributed by atoms with Crippen molar-refractivity contribution in [1.82, 2.24) is 5.32 Å². The third-order valence-corrected chi connectivity index (χ3v) is 5.95. The Bertz CT molecular complexity index is 354. The molecule has 0 saturated carbocycles. The zero-order valence-electron chi connectivity index (χ0n) is 10.7. The van der Waals surface area contributed by atoms with Crippen LogP contribution >= 0.6 is 0 Å². The van der Waals surface area contributed by atoms with Crippen molar-refractivity contribution in [2.45, 2.75) is 31.7 Å². The van der Waals surface area contributed by atoms with Gasteiger partial charge in [-0.15, -0.1) is 0 Å². The van der Waals surface area contributed by atoms with Gasteiger partial charge in [-0.05, 0) is 44.6 Å². The maximum absolute atomic E-state index is 11.4. The van der Waals surface area contributed by atoms with Gasteiger partial charge < -0.3 is 10.1 Å². The predicted molar refractivity (Wildman–Crippen MR) is 67.8 cm³/mol. The highest BCUT2D eigenvalue weighted by atomic mass is 32.2. The molecule has 17 heavy (non-hydrogen) atoms. The Morgan fingerprint density at radius 2 is 1.94 bits per heavy atom. The molecule has 2 heterocycles. The van der Waals surface area contributed by atoms with E-state index in [0.717, 1.165) is 32.4 Å². The van der Waals surface area contributed by atoms with Crippen LogP contribution in [0.15, 0.2) is 0 Å². The first-order valence-electron chi connectivity index (χ1n) is 6.38. The molecular formula is C12H23NO3S. The molecule has 2 rings (SSSR count). The molecule has 2 aliphatic rings. The van der Waals surface area contributed by atoms with E-state index in [1.54, 1.807) is 7.11 Å². The molecule has 0 amide bonds. The van der Waals surface area contributed by atoms with E-state index in [0.29, 0.717) is 23.3 Å². The van der Waals surface area contributed by atoms with Crippen molar-refractivity contribution in [3.8, 4) is 0 Å². The molecule has 2 unspecified atom stereocenters. The molecule has 2 atom stereocenters. The highest BCUT2D eigenvalue weighted by Gasteiger charge is 2.39. The third-order valence-electron chi connectivity index (χ3n) is 4.23. The lowest BCUT2D eigenvalue weighted by Crippen LogP contribution is -2.40. The second kappa shape index (κ2) is 4.86. The quantitative estimate of drug-likeness (QED) is 0.817. The second-order valence-electron chi connectivity index (χ2n) is 5.83. The van der Waals surface area contributed by atoms with E-state index in [9.17, 15) is 8.42 Å². The summed E-state index contributed by atoms with van der Waals surface area (Å²) in [4.78, 5) is 0. The van der Waals surface area contributed by atoms with E-state index in [1.165, 1.54) is 0 Å². The highest BCUT2D eigenvalue weighted by Crippen LogP contribution is 2.35. The summed E-state index contributed by atoms with van der Waals surface area (Å²) >= 11 is 0. The van der Waals surface area contributed by atoms with Crippen molar-refractivity contribution in [2.24, 2.45) is 11.8 Å². The van der Waals surface area contributed by atoms with Crippen LogP contribution < -0.4 is 5.32 Å². The molecule has 1 N–H and O–H groups in total. The van der Waals surface area contributed by atoms with Gasteiger partial charge in [-0.2, -0.15) is 0 Å². The van der Waals surface area contributed by atoms with Crippen molar-refractivity contribution >= 4 is 9.84 Å². The molecular weight excluding hydrogens is 238 g/mol. The number of rotatable bonds is 3. The van der Waals surface area contributed by atoms with E-state index < -0.39 is 9.84 Å². The average Bonchev–Trinajstić information content (AvgIpc) is 2.61. The van der Waals surface area contributed by atoms with E-state index in [2.05, 4.69) is 12.2 Å². The smallest absolute Gasteiger partial charge is 0.150 e. The number of hydrogen-bond acceptors (Lipinski definition) is 4. The molecule has 5 heteroatoms. The average molecular weight is 261 g/mol. The summed E-state index contributed by atoms with van der Waals surface area (Å²) in [5, 5.41) is 3.53. The Labute approximate surface area is 104 Å². The summed E-state index contributed by atoms with van der Waals surface area (Å²) in [5.41, 5.74) is 0.0791. The van der Waals surface area contributed by atoms with Crippen LogP contribution in [0, 0.1) is 11.8 Å². The fraction of sp³-hybridized carbons (Fsp3) is 1.00. The minimum absolute atomic E-state index is 0.0791. The third kappa shape index (κ3) is 3.20. The molecule has 0 aromatic rings. The molecule has 100 valence electrons. The van der Waals surface area contributed by atoms with Gasteiger partial charge in [-0.1, -0.05) is 0 Å². The van der Waals surface area contributed by atoms with Crippen LogP contribution in [0.2, 0.25) is 0 Å². The van der Waals surface area contributed by atoms with Crippen molar-refractivity contribution < 1.29 is 13.2 Å². The van der Waals surface area contributed by atoms with Gasteiger partial charge in [-0.3, -0.25) is 0 Å². The summed E-state index contributed by atoms with van der Waals surface area (Å²) in [7, 11) is -1.000. The van der Waals surface area contributed by atoms with Crippen LogP contribution in [-0.2, 0) is 14.6 Å². The number of ether oxygens (including phenoxy) is 1. The van der Waals surface area contributed by atoms with Gasteiger partial charge in [0.1, 0.15) is 9.84 Å². The highest BCUT2D eigenvalue weighted by molar-refractivity contribution is 7.91. The van der Waals surface area contributed by atoms with Gasteiger partial charge in [0.15, 0.2) is 0 Å². The number of hydrogen-bond donors (Lipinski definition) is 1. The van der Waals surface area contributed by atoms with Crippen LogP contribution in [0.25, 0.3) is 0 Å². The predicted octanol–water partition coefficient (Wildman–Crippen LogP) is 0.826. The first kappa shape index (κ1) is 13.3. The zero-order chi connectivity index (χ0) is 12.5. The lowest BCUT2D eigenvalue weighted by Gasteiger charge is -2.28. The molecule has 0 aromatic carbocycles. The summed E-state index contributed by atoms with van der Waals surface area (Å²) < 4.78 is 28.0. The summed E-state index contributed by atoms with van der Waals surface area (Å²) in [6.07, 6.45) is 2.79. The molecule has 0 radical (unpaired) electrons. The van der Waals surface area contributed by atoms with Crippen LogP contribution in [0.4, 0.5) is 0 Å². The Kier molecular flexibility index (Phi) is 3.80. The first-order valence-corrected chi connectivity index (χ1v) is 8.21. The monoisotopic (exact) mass is 261 g/mol. The second-order valence-corrected chi connectivity index (χ2v) is 8.13. The largest absolute Gasteiger partial charge is 0.383 e. The summed E-state index contributed by atoms with van der Waals surface area (Å²) in [6, 6.07) is 0. The molecule has 0 aliphatic carbocycles. The van der Waals surface area contributed by atoms with Crippen molar-refractivity contribution in [2.75, 3.05) is 31.8 Å². The van der Waals surface area contributed by atoms with Crippen LogP contribution in [0.1, 0.15) is 26.2 Å². The molecule has 4 nitrogen and oxygen atoms in total. The number of sulfone groups is 1. The van der Waals surface area contributed by atoms with Crippen LogP contribution in [-0.4, -0.2) is 45.7 Å². The Balaban J connectivity index is 1.89. The fourth-order valence-corrected chi connectivity index (χ4v) is 4.77. The van der Waals surface area contributed by atoms with Crippen molar-refractivity contribution in [3.63, 3.8) is 0 Å². The summed E-state index contributed by atoms with van der Waals surface area (Å²) in [5.74, 6) is 1.96. The number of nitrogens with one attached hydrogen (secondary N) is 1. The maximum Gasteiger partial charge on any atom is 0.150 e. The standard InChI is InChI=1S/C12H23NO3S/c1-12(9-16-2)7-11(8-13-12)10-3-5-17(14,15)6-4-10/h10-11,13H,3-9H2,1-2H3. The van der Waals surface area contributed by atoms with Crippen molar-refractivity contribution in [3.05, 3.63) is 0 Å². The van der Waals surface area contributed by atoms with E-state index >= 15 is 0 Å². The first-order chi connectivity index (χ1) is 7.94. The Hall–Kier alpha value is -0.130. The van der Waals surface area contributed by atoms with Gasteiger partial charge in [0.05, 0.1) is 18.1 Å². The van der Waals surface area contributed by atoms with E-state index in [4.69, 9.17) is 4.74 Å². The Morgan fingerprint density at radius 3 is 2.53 bits per heavy atom. The van der Waals surface area contributed by atoms with Crippen LogP contribution in [0.5, 0.6) is 0 Å². The van der Waals surface area contributed by atoms with Gasteiger partial charge >= 0.3 is 0 Å². The topological polar surface area (TPSA) is 55.4 Å². The van der Waals surface area contributed by atoms with E-state index in [1.807, 2.05) is 0 Å². The maximum atomic E-state index is 11.4. The van der Waals surface area contributed by atoms with Gasteiger partial charge in [-0.25, -0.2) is 8.42 Å². The summed E-state index contributed by atoms with van der Waals surface area (Å²) in [6.45, 7) is 3.93. The normalized spacial score (nSPS) is 38.4. The zero-order valence-corrected chi connectivity index (χ0v) is 11.6. The molecule has 2 saturated heterocycles.